The SMILES string of the molecule is CC(C)N(C)CCNc1ccc(C#N)c(Br)c1. The van der Waals surface area contributed by atoms with Gasteiger partial charge in [0.05, 0.1) is 5.56 Å². The average Bonchev–Trinajstić information content (AvgIpc) is 2.29. The molecule has 0 bridgehead atoms. The highest BCUT2D eigenvalue weighted by molar-refractivity contribution is 9.10. The second kappa shape index (κ2) is 6.63. The third-order valence-corrected chi connectivity index (χ3v) is 3.42. The lowest BCUT2D eigenvalue weighted by Gasteiger charge is -2.21. The topological polar surface area (TPSA) is 39.1 Å². The van der Waals surface area contributed by atoms with Crippen LogP contribution in [0, 0.1) is 11.3 Å². The molecule has 0 radical (unpaired) electrons. The fourth-order valence-corrected chi connectivity index (χ4v) is 1.82. The highest BCUT2D eigenvalue weighted by Crippen LogP contribution is 2.20. The van der Waals surface area contributed by atoms with Crippen LogP contribution in [0.2, 0.25) is 0 Å². The van der Waals surface area contributed by atoms with Crippen molar-refractivity contribution >= 4 is 21.6 Å². The van der Waals surface area contributed by atoms with Gasteiger partial charge in [-0.05, 0) is 55.0 Å². The Hall–Kier alpha value is -1.05. The summed E-state index contributed by atoms with van der Waals surface area (Å²) in [4.78, 5) is 2.28. The first-order valence-corrected chi connectivity index (χ1v) is 6.47. The van der Waals surface area contributed by atoms with Crippen molar-refractivity contribution in [3.8, 4) is 6.07 Å². The van der Waals surface area contributed by atoms with Gasteiger partial charge >= 0.3 is 0 Å². The van der Waals surface area contributed by atoms with Crippen molar-refractivity contribution in [2.45, 2.75) is 19.9 Å². The van der Waals surface area contributed by atoms with Gasteiger partial charge in [-0.25, -0.2) is 0 Å². The number of hydrogen-bond donors (Lipinski definition) is 1. The number of anilines is 1. The minimum atomic E-state index is 0.560. The van der Waals surface area contributed by atoms with Crippen LogP contribution in [-0.4, -0.2) is 31.1 Å². The molecule has 0 aromatic heterocycles. The van der Waals surface area contributed by atoms with Crippen LogP contribution >= 0.6 is 15.9 Å². The van der Waals surface area contributed by atoms with Gasteiger partial charge in [0.1, 0.15) is 6.07 Å². The second-order valence-corrected chi connectivity index (χ2v) is 5.16. The number of nitriles is 1. The number of hydrogen-bond acceptors (Lipinski definition) is 3. The van der Waals surface area contributed by atoms with Gasteiger partial charge in [-0.3, -0.25) is 0 Å². The molecule has 0 spiro atoms. The lowest BCUT2D eigenvalue weighted by molar-refractivity contribution is 0.284. The molecule has 0 atom stereocenters. The van der Waals surface area contributed by atoms with E-state index in [2.05, 4.69) is 53.1 Å². The van der Waals surface area contributed by atoms with Crippen LogP contribution in [-0.2, 0) is 0 Å². The average molecular weight is 296 g/mol. The lowest BCUT2D eigenvalue weighted by Crippen LogP contribution is -2.31. The number of likely N-dealkylation sites (N-methyl/N-ethyl adjacent to an activating group) is 1. The smallest absolute Gasteiger partial charge is 0.100 e. The van der Waals surface area contributed by atoms with E-state index in [9.17, 15) is 0 Å². The van der Waals surface area contributed by atoms with Gasteiger partial charge in [-0.2, -0.15) is 5.26 Å². The molecule has 1 aromatic carbocycles. The first kappa shape index (κ1) is 14.0. The van der Waals surface area contributed by atoms with E-state index in [4.69, 9.17) is 5.26 Å². The van der Waals surface area contributed by atoms with Crippen molar-refractivity contribution in [2.24, 2.45) is 0 Å². The summed E-state index contributed by atoms with van der Waals surface area (Å²) in [7, 11) is 2.11. The van der Waals surface area contributed by atoms with E-state index >= 15 is 0 Å². The predicted molar refractivity (Wildman–Crippen MR) is 75.1 cm³/mol. The molecule has 0 unspecified atom stereocenters. The van der Waals surface area contributed by atoms with Crippen molar-refractivity contribution in [3.63, 3.8) is 0 Å². The fraction of sp³-hybridized carbons (Fsp3) is 0.462. The molecule has 0 aliphatic rings. The molecule has 0 amide bonds. The molecule has 4 heteroatoms. The third kappa shape index (κ3) is 4.37. The van der Waals surface area contributed by atoms with E-state index in [1.54, 1.807) is 0 Å². The summed E-state index contributed by atoms with van der Waals surface area (Å²) in [6.45, 7) is 6.25. The summed E-state index contributed by atoms with van der Waals surface area (Å²) in [6.07, 6.45) is 0. The Kier molecular flexibility index (Phi) is 5.46. The van der Waals surface area contributed by atoms with Crippen LogP contribution in [0.25, 0.3) is 0 Å². The number of rotatable bonds is 5. The van der Waals surface area contributed by atoms with Crippen molar-refractivity contribution < 1.29 is 0 Å². The Morgan fingerprint density at radius 2 is 2.18 bits per heavy atom. The molecule has 1 rings (SSSR count). The van der Waals surface area contributed by atoms with Crippen LogP contribution in [0.3, 0.4) is 0 Å². The van der Waals surface area contributed by atoms with Gasteiger partial charge in [0.25, 0.3) is 0 Å². The molecule has 17 heavy (non-hydrogen) atoms. The number of nitrogens with one attached hydrogen (secondary N) is 1. The van der Waals surface area contributed by atoms with Crippen molar-refractivity contribution in [1.82, 2.24) is 4.90 Å². The van der Waals surface area contributed by atoms with Gasteiger partial charge in [-0.1, -0.05) is 0 Å². The summed E-state index contributed by atoms with van der Waals surface area (Å²) in [5.74, 6) is 0. The molecule has 0 saturated carbocycles. The highest BCUT2D eigenvalue weighted by atomic mass is 79.9. The summed E-state index contributed by atoms with van der Waals surface area (Å²) < 4.78 is 0.835. The molecule has 0 saturated heterocycles. The Morgan fingerprint density at radius 3 is 2.71 bits per heavy atom. The minimum absolute atomic E-state index is 0.560. The lowest BCUT2D eigenvalue weighted by atomic mass is 10.2. The summed E-state index contributed by atoms with van der Waals surface area (Å²) in [5.41, 5.74) is 1.70. The van der Waals surface area contributed by atoms with E-state index in [0.717, 1.165) is 23.2 Å². The van der Waals surface area contributed by atoms with E-state index in [-0.39, 0.29) is 0 Å². The molecule has 92 valence electrons. The molecule has 0 aliphatic carbocycles. The monoisotopic (exact) mass is 295 g/mol. The maximum Gasteiger partial charge on any atom is 0.100 e. The van der Waals surface area contributed by atoms with Gasteiger partial charge in [0, 0.05) is 29.3 Å². The quantitative estimate of drug-likeness (QED) is 0.907. The standard InChI is InChI=1S/C13H18BrN3/c1-10(2)17(3)7-6-16-12-5-4-11(9-15)13(14)8-12/h4-5,8,10,16H,6-7H2,1-3H3. The van der Waals surface area contributed by atoms with Crippen LogP contribution in [0.15, 0.2) is 22.7 Å². The zero-order chi connectivity index (χ0) is 12.8. The van der Waals surface area contributed by atoms with Crippen LogP contribution in [0.1, 0.15) is 19.4 Å². The van der Waals surface area contributed by atoms with Gasteiger partial charge < -0.3 is 10.2 Å². The van der Waals surface area contributed by atoms with Gasteiger partial charge in [-0.15, -0.1) is 0 Å². The Balaban J connectivity index is 2.48. The highest BCUT2D eigenvalue weighted by Gasteiger charge is 2.03. The number of halogens is 1. The van der Waals surface area contributed by atoms with E-state index in [1.807, 2.05) is 18.2 Å². The zero-order valence-corrected chi connectivity index (χ0v) is 12.1. The first-order chi connectivity index (χ1) is 8.04. The maximum atomic E-state index is 8.81. The van der Waals surface area contributed by atoms with E-state index < -0.39 is 0 Å². The van der Waals surface area contributed by atoms with Gasteiger partial charge in [0.15, 0.2) is 0 Å². The normalized spacial score (nSPS) is 10.6. The Labute approximate surface area is 112 Å². The summed E-state index contributed by atoms with van der Waals surface area (Å²) in [6, 6.07) is 8.37. The zero-order valence-electron chi connectivity index (χ0n) is 10.5. The summed E-state index contributed by atoms with van der Waals surface area (Å²) >= 11 is 3.38. The predicted octanol–water partition coefficient (Wildman–Crippen LogP) is 3.07. The largest absolute Gasteiger partial charge is 0.384 e. The number of nitrogens with zero attached hydrogens (tertiary/aromatic N) is 2. The minimum Gasteiger partial charge on any atom is -0.384 e. The van der Waals surface area contributed by atoms with E-state index in [1.165, 1.54) is 0 Å². The molecule has 1 N–H and O–H groups in total. The molecular formula is C13H18BrN3. The van der Waals surface area contributed by atoms with Crippen molar-refractivity contribution in [1.29, 1.82) is 5.26 Å². The molecule has 0 fully saturated rings. The Morgan fingerprint density at radius 1 is 1.47 bits per heavy atom. The maximum absolute atomic E-state index is 8.81. The van der Waals surface area contributed by atoms with Crippen molar-refractivity contribution in [2.75, 3.05) is 25.5 Å². The van der Waals surface area contributed by atoms with Gasteiger partial charge in [0.2, 0.25) is 0 Å². The molecule has 0 heterocycles. The molecule has 0 aliphatic heterocycles. The number of benzene rings is 1. The molecule has 1 aromatic rings. The van der Waals surface area contributed by atoms with Crippen LogP contribution in [0.4, 0.5) is 5.69 Å². The first-order valence-electron chi connectivity index (χ1n) is 5.68. The molecule has 3 nitrogen and oxygen atoms in total. The summed E-state index contributed by atoms with van der Waals surface area (Å²) in [5, 5.41) is 12.2. The van der Waals surface area contributed by atoms with Crippen molar-refractivity contribution in [3.05, 3.63) is 28.2 Å². The Bertz CT molecular complexity index is 410. The molecular weight excluding hydrogens is 278 g/mol. The van der Waals surface area contributed by atoms with E-state index in [0.29, 0.717) is 11.6 Å². The van der Waals surface area contributed by atoms with Crippen LogP contribution < -0.4 is 5.32 Å². The van der Waals surface area contributed by atoms with Crippen LogP contribution in [0.5, 0.6) is 0 Å². The fourth-order valence-electron chi connectivity index (χ4n) is 1.35. The second-order valence-electron chi connectivity index (χ2n) is 4.31. The third-order valence-electron chi connectivity index (χ3n) is 2.76.